The number of aromatic nitrogens is 1. The van der Waals surface area contributed by atoms with Crippen LogP contribution in [0, 0.1) is 0 Å². The maximum Gasteiger partial charge on any atom is 0.341 e. The van der Waals surface area contributed by atoms with Gasteiger partial charge in [-0.15, -0.1) is 0 Å². The maximum atomic E-state index is 12.2. The summed E-state index contributed by atoms with van der Waals surface area (Å²) in [4.78, 5) is 21.4. The molecule has 0 amide bonds. The molecule has 0 N–H and O–H groups in total. The Morgan fingerprint density at radius 2 is 1.64 bits per heavy atom. The van der Waals surface area contributed by atoms with Gasteiger partial charge in [0.25, 0.3) is 0 Å². The lowest BCUT2D eigenvalue weighted by atomic mass is 10.1. The number of rotatable bonds is 9. The lowest BCUT2D eigenvalue weighted by molar-refractivity contribution is 0.0526. The molecule has 1 fully saturated rings. The van der Waals surface area contributed by atoms with Gasteiger partial charge in [0, 0.05) is 56.4 Å². The fourth-order valence-electron chi connectivity index (χ4n) is 4.55. The second kappa shape index (κ2) is 11.8. The third kappa shape index (κ3) is 5.51. The van der Waals surface area contributed by atoms with Gasteiger partial charge in [0.2, 0.25) is 5.75 Å². The largest absolute Gasteiger partial charge is 0.493 e. The fourth-order valence-corrected chi connectivity index (χ4v) is 4.83. The topological polar surface area (TPSA) is 73.4 Å². The van der Waals surface area contributed by atoms with Crippen molar-refractivity contribution in [3.05, 3.63) is 58.2 Å². The van der Waals surface area contributed by atoms with Gasteiger partial charge in [-0.05, 0) is 30.7 Å². The third-order valence-corrected chi connectivity index (χ3v) is 6.82. The number of benzene rings is 2. The van der Waals surface area contributed by atoms with Crippen LogP contribution in [0.25, 0.3) is 10.9 Å². The van der Waals surface area contributed by atoms with E-state index in [1.807, 2.05) is 24.3 Å². The average molecular weight is 514 g/mol. The smallest absolute Gasteiger partial charge is 0.341 e. The number of nitrogens with zero attached hydrogens (tertiary/aromatic N) is 3. The van der Waals surface area contributed by atoms with E-state index in [-0.39, 0.29) is 6.61 Å². The first-order valence-corrected chi connectivity index (χ1v) is 12.3. The number of pyridine rings is 1. The molecule has 2 heterocycles. The highest BCUT2D eigenvalue weighted by atomic mass is 35.5. The monoisotopic (exact) mass is 513 g/mol. The number of hydrogen-bond acceptors (Lipinski definition) is 8. The molecule has 0 bridgehead atoms. The molecule has 9 heteroatoms. The molecule has 1 saturated heterocycles. The minimum Gasteiger partial charge on any atom is -0.493 e. The van der Waals surface area contributed by atoms with Crippen LogP contribution in [-0.4, -0.2) is 74.9 Å². The molecule has 1 aromatic heterocycles. The first-order valence-electron chi connectivity index (χ1n) is 12.0. The number of piperazine rings is 1. The number of halogens is 1. The van der Waals surface area contributed by atoms with Gasteiger partial charge in [-0.2, -0.15) is 0 Å². The minimum atomic E-state index is -0.454. The summed E-state index contributed by atoms with van der Waals surface area (Å²) < 4.78 is 21.7. The summed E-state index contributed by atoms with van der Waals surface area (Å²) in [5, 5.41) is 1.15. The van der Waals surface area contributed by atoms with Crippen LogP contribution < -0.4 is 14.2 Å². The van der Waals surface area contributed by atoms with Gasteiger partial charge in [0.1, 0.15) is 0 Å². The van der Waals surface area contributed by atoms with Crippen molar-refractivity contribution >= 4 is 28.5 Å². The Hall–Kier alpha value is -3.07. The molecule has 3 aromatic rings. The van der Waals surface area contributed by atoms with Crippen LogP contribution >= 0.6 is 11.6 Å². The van der Waals surface area contributed by atoms with E-state index in [9.17, 15) is 4.79 Å². The van der Waals surface area contributed by atoms with Gasteiger partial charge in [-0.3, -0.25) is 14.8 Å². The van der Waals surface area contributed by atoms with Gasteiger partial charge in [-0.1, -0.05) is 23.7 Å². The summed E-state index contributed by atoms with van der Waals surface area (Å²) in [5.74, 6) is 1.53. The number of carbonyl (C=O) groups is 1. The average Bonchev–Trinajstić information content (AvgIpc) is 2.90. The van der Waals surface area contributed by atoms with E-state index in [2.05, 4.69) is 20.9 Å². The van der Waals surface area contributed by atoms with Crippen molar-refractivity contribution in [2.45, 2.75) is 20.0 Å². The van der Waals surface area contributed by atoms with Crippen molar-refractivity contribution in [1.29, 1.82) is 0 Å². The Morgan fingerprint density at radius 1 is 0.944 bits per heavy atom. The highest BCUT2D eigenvalue weighted by Gasteiger charge is 2.22. The molecule has 0 atom stereocenters. The zero-order valence-electron chi connectivity index (χ0n) is 21.2. The standard InChI is InChI=1S/C27H32ClN3O5/c1-5-36-27(32)21-15-29-22-8-6-18(14-20(22)24(21)28)16-30-10-12-31(13-11-30)17-19-7-9-23(33-2)26(35-4)25(19)34-3/h6-9,14-15H,5,10-13,16-17H2,1-4H3. The molecular weight excluding hydrogens is 482 g/mol. The van der Waals surface area contributed by atoms with E-state index in [0.29, 0.717) is 27.8 Å². The van der Waals surface area contributed by atoms with Crippen molar-refractivity contribution in [1.82, 2.24) is 14.8 Å². The first-order chi connectivity index (χ1) is 17.5. The van der Waals surface area contributed by atoms with Crippen molar-refractivity contribution < 1.29 is 23.7 Å². The van der Waals surface area contributed by atoms with E-state index >= 15 is 0 Å². The van der Waals surface area contributed by atoms with E-state index in [1.54, 1.807) is 28.3 Å². The van der Waals surface area contributed by atoms with Gasteiger partial charge in [0.15, 0.2) is 11.5 Å². The summed E-state index contributed by atoms with van der Waals surface area (Å²) in [6, 6.07) is 9.99. The molecule has 4 rings (SSSR count). The molecule has 8 nitrogen and oxygen atoms in total. The van der Waals surface area contributed by atoms with E-state index in [4.69, 9.17) is 30.5 Å². The van der Waals surface area contributed by atoms with E-state index in [1.165, 1.54) is 6.20 Å². The second-order valence-electron chi connectivity index (χ2n) is 8.60. The number of fused-ring (bicyclic) bond motifs is 1. The Kier molecular flexibility index (Phi) is 8.51. The molecule has 2 aromatic carbocycles. The van der Waals surface area contributed by atoms with Crippen molar-refractivity contribution in [3.8, 4) is 17.2 Å². The first kappa shape index (κ1) is 26.0. The van der Waals surface area contributed by atoms with Crippen LogP contribution in [0.3, 0.4) is 0 Å². The Balaban J connectivity index is 1.41. The number of methoxy groups -OCH3 is 3. The summed E-state index contributed by atoms with van der Waals surface area (Å²) in [6.07, 6.45) is 1.48. The van der Waals surface area contributed by atoms with Crippen molar-refractivity contribution in [3.63, 3.8) is 0 Å². The summed E-state index contributed by atoms with van der Waals surface area (Å²) >= 11 is 6.56. The van der Waals surface area contributed by atoms with Gasteiger partial charge in [-0.25, -0.2) is 4.79 Å². The van der Waals surface area contributed by atoms with Crippen LogP contribution in [0.4, 0.5) is 0 Å². The fraction of sp³-hybridized carbons (Fsp3) is 0.407. The van der Waals surface area contributed by atoms with Crippen molar-refractivity contribution in [2.24, 2.45) is 0 Å². The molecule has 1 aliphatic rings. The number of ether oxygens (including phenoxy) is 4. The number of carbonyl (C=O) groups excluding carboxylic acids is 1. The molecule has 0 saturated carbocycles. The summed E-state index contributed by atoms with van der Waals surface area (Å²) in [7, 11) is 4.89. The number of esters is 1. The molecule has 0 spiro atoms. The van der Waals surface area contributed by atoms with Crippen LogP contribution in [0.15, 0.2) is 36.5 Å². The highest BCUT2D eigenvalue weighted by molar-refractivity contribution is 6.38. The molecular formula is C27H32ClN3O5. The maximum absolute atomic E-state index is 12.2. The van der Waals surface area contributed by atoms with Gasteiger partial charge in [0.05, 0.1) is 44.0 Å². The Labute approximate surface area is 216 Å². The summed E-state index contributed by atoms with van der Waals surface area (Å²) in [6.45, 7) is 7.35. The predicted molar refractivity (Wildman–Crippen MR) is 139 cm³/mol. The summed E-state index contributed by atoms with van der Waals surface area (Å²) in [5.41, 5.74) is 3.24. The normalized spacial score (nSPS) is 14.6. The SMILES string of the molecule is CCOC(=O)c1cnc2ccc(CN3CCN(Cc4ccc(OC)c(OC)c4OC)CC3)cc2c1Cl. The van der Waals surface area contributed by atoms with E-state index < -0.39 is 5.97 Å². The predicted octanol–water partition coefficient (Wildman–Crippen LogP) is 4.41. The third-order valence-electron chi connectivity index (χ3n) is 6.41. The molecule has 0 unspecified atom stereocenters. The molecule has 0 aliphatic carbocycles. The molecule has 192 valence electrons. The van der Waals surface area contributed by atoms with Crippen molar-refractivity contribution in [2.75, 3.05) is 54.1 Å². The van der Waals surface area contributed by atoms with Crippen LogP contribution in [-0.2, 0) is 17.8 Å². The lowest BCUT2D eigenvalue weighted by Crippen LogP contribution is -2.45. The lowest BCUT2D eigenvalue weighted by Gasteiger charge is -2.35. The van der Waals surface area contributed by atoms with Gasteiger partial charge >= 0.3 is 5.97 Å². The Morgan fingerprint density at radius 3 is 2.28 bits per heavy atom. The molecule has 36 heavy (non-hydrogen) atoms. The van der Waals surface area contributed by atoms with Crippen LogP contribution in [0.1, 0.15) is 28.4 Å². The zero-order chi connectivity index (χ0) is 25.7. The van der Waals surface area contributed by atoms with E-state index in [0.717, 1.165) is 61.3 Å². The highest BCUT2D eigenvalue weighted by Crippen LogP contribution is 2.40. The quantitative estimate of drug-likeness (QED) is 0.390. The van der Waals surface area contributed by atoms with Gasteiger partial charge < -0.3 is 18.9 Å². The second-order valence-corrected chi connectivity index (χ2v) is 8.98. The number of hydrogen-bond donors (Lipinski definition) is 0. The van der Waals surface area contributed by atoms with Crippen LogP contribution in [0.2, 0.25) is 5.02 Å². The van der Waals surface area contributed by atoms with Crippen LogP contribution in [0.5, 0.6) is 17.2 Å². The zero-order valence-corrected chi connectivity index (χ0v) is 21.9. The minimum absolute atomic E-state index is 0.290. The molecule has 1 aliphatic heterocycles. The molecule has 0 radical (unpaired) electrons. The Bertz CT molecular complexity index is 1230.